The second-order valence-electron chi connectivity index (χ2n) is 7.58. The van der Waals surface area contributed by atoms with Crippen LogP contribution in [0.1, 0.15) is 17.8 Å². The number of methoxy groups -OCH3 is 1. The molecule has 4 aromatic heterocycles. The van der Waals surface area contributed by atoms with E-state index in [1.807, 2.05) is 0 Å². The van der Waals surface area contributed by atoms with Crippen molar-refractivity contribution in [3.63, 3.8) is 0 Å². The summed E-state index contributed by atoms with van der Waals surface area (Å²) in [5, 5.41) is 8.05. The monoisotopic (exact) mass is 516 g/mol. The number of piperazine rings is 1. The van der Waals surface area contributed by atoms with Crippen LogP contribution in [0.4, 0.5) is 11.6 Å². The van der Waals surface area contributed by atoms with Gasteiger partial charge in [0, 0.05) is 48.1 Å². The zero-order valence-electron chi connectivity index (χ0n) is 32.3. The number of furan rings is 1. The van der Waals surface area contributed by atoms with E-state index in [4.69, 9.17) is 32.7 Å². The molecule has 2 N–H and O–H groups in total. The van der Waals surface area contributed by atoms with E-state index in [1.165, 1.54) is 30.5 Å². The van der Waals surface area contributed by atoms with Crippen molar-refractivity contribution in [2.45, 2.75) is 6.50 Å². The minimum Gasteiger partial charge on any atom is -0.491 e. The van der Waals surface area contributed by atoms with Crippen LogP contribution in [0, 0.1) is 0 Å². The number of aromatic nitrogens is 6. The van der Waals surface area contributed by atoms with Gasteiger partial charge in [-0.15, -0.1) is 5.10 Å². The van der Waals surface area contributed by atoms with Crippen molar-refractivity contribution in [2.24, 2.45) is 0 Å². The van der Waals surface area contributed by atoms with Crippen molar-refractivity contribution in [1.29, 1.82) is 0 Å². The van der Waals surface area contributed by atoms with Crippen LogP contribution < -0.4 is 15.4 Å². The van der Waals surface area contributed by atoms with Crippen molar-refractivity contribution in [3.05, 3.63) is 48.8 Å². The maximum absolute atomic E-state index is 8.92. The summed E-state index contributed by atoms with van der Waals surface area (Å²) in [6.45, 7) is -19.2. The highest BCUT2D eigenvalue weighted by molar-refractivity contribution is 5.90. The number of fused-ring (bicyclic) bond motifs is 3. The van der Waals surface area contributed by atoms with Crippen molar-refractivity contribution in [1.82, 2.24) is 34.3 Å². The molecule has 0 unspecified atom stereocenters. The van der Waals surface area contributed by atoms with Gasteiger partial charge in [-0.3, -0.25) is 4.90 Å². The highest BCUT2D eigenvalue weighted by Crippen LogP contribution is 2.24. The quantitative estimate of drug-likeness (QED) is 0.311. The average molecular weight is 517 g/mol. The molecule has 0 saturated carbocycles. The minimum absolute atomic E-state index is 0.0299. The Morgan fingerprint density at radius 3 is 2.70 bits per heavy atom. The number of hydrogen-bond donors (Lipinski definition) is 1. The zero-order chi connectivity index (χ0) is 36.8. The first-order valence-electron chi connectivity index (χ1n) is 17.4. The third-order valence-corrected chi connectivity index (χ3v) is 5.26. The van der Waals surface area contributed by atoms with Crippen LogP contribution in [-0.2, 0) is 11.2 Å². The van der Waals surface area contributed by atoms with Crippen LogP contribution in [-0.4, -0.2) is 87.1 Å². The first-order chi connectivity index (χ1) is 23.0. The fraction of sp³-hybridized carbons (Fsp3) is 0.360. The van der Waals surface area contributed by atoms with Gasteiger partial charge in [0.25, 0.3) is 0 Å². The Kier molecular flexibility index (Phi) is 3.51. The van der Waals surface area contributed by atoms with Gasteiger partial charge in [0.1, 0.15) is 12.3 Å². The van der Waals surface area contributed by atoms with E-state index in [1.54, 1.807) is 12.1 Å². The Hall–Kier alpha value is -4.16. The molecule has 1 aliphatic heterocycles. The summed E-state index contributed by atoms with van der Waals surface area (Å²) < 4.78 is 127. The largest absolute Gasteiger partial charge is 0.491 e. The number of rotatable bonds is 9. The second kappa shape index (κ2) is 10.1. The van der Waals surface area contributed by atoms with Crippen LogP contribution in [0.2, 0.25) is 0 Å². The lowest BCUT2D eigenvalue weighted by Crippen LogP contribution is -2.47. The number of nitrogens with two attached hydrogens (primary N) is 1. The maximum Gasteiger partial charge on any atom is 0.225 e. The predicted molar refractivity (Wildman–Crippen MR) is 139 cm³/mol. The van der Waals surface area contributed by atoms with E-state index < -0.39 is 58.4 Å². The fourth-order valence-corrected chi connectivity index (χ4v) is 3.52. The summed E-state index contributed by atoms with van der Waals surface area (Å²) in [6.07, 6.45) is 0.861. The Morgan fingerprint density at radius 2 is 1.95 bits per heavy atom. The molecule has 0 amide bonds. The first-order valence-corrected chi connectivity index (χ1v) is 10.9. The Labute approximate surface area is 231 Å². The Morgan fingerprint density at radius 1 is 1.11 bits per heavy atom. The van der Waals surface area contributed by atoms with E-state index in [0.29, 0.717) is 9.58 Å². The topological polar surface area (TPSA) is 125 Å². The molecule has 6 rings (SSSR count). The molecule has 5 heterocycles. The average Bonchev–Trinajstić information content (AvgIpc) is 3.76. The fourth-order valence-electron chi connectivity index (χ4n) is 3.52. The van der Waals surface area contributed by atoms with Gasteiger partial charge in [0.05, 0.1) is 46.0 Å². The Balaban J connectivity index is 1.32. The van der Waals surface area contributed by atoms with E-state index in [2.05, 4.69) is 24.9 Å². The number of hydrogen-bond acceptors (Lipinski definition) is 10. The van der Waals surface area contributed by atoms with Crippen LogP contribution in [0.3, 0.4) is 0 Å². The molecule has 1 fully saturated rings. The van der Waals surface area contributed by atoms with Gasteiger partial charge in [0.2, 0.25) is 11.8 Å². The van der Waals surface area contributed by atoms with Crippen molar-refractivity contribution >= 4 is 28.3 Å². The van der Waals surface area contributed by atoms with Gasteiger partial charge in [-0.1, -0.05) is 0 Å². The molecular weight excluding hydrogens is 474 g/mol. The normalized spacial score (nSPS) is 24.1. The third kappa shape index (κ3) is 4.68. The van der Waals surface area contributed by atoms with E-state index in [9.17, 15) is 0 Å². The summed E-state index contributed by atoms with van der Waals surface area (Å²) >= 11 is 0. The summed E-state index contributed by atoms with van der Waals surface area (Å²) in [4.78, 5) is 9.89. The standard InChI is InChI=1S/C25H29N9O3/c1-35-15-16-36-19-6-4-18(5-7-19)32-11-8-31(9-12-32)10-13-33-23-20(17-27-33)24-28-22(21-3-2-14-37-21)30-34(24)25(26)29-23/h2-7,14,17H,8-13,15-16H2,1H3,(H2,26,29)/i10D2,11D2,12D2,13D2,15D2,16D2,17D. The molecular formula is C25H29N9O3. The molecule has 0 atom stereocenters. The summed E-state index contributed by atoms with van der Waals surface area (Å²) in [5.41, 5.74) is 5.67. The second-order valence-corrected chi connectivity index (χ2v) is 7.58. The lowest BCUT2D eigenvalue weighted by Gasteiger charge is -2.36. The highest BCUT2D eigenvalue weighted by atomic mass is 16.5. The van der Waals surface area contributed by atoms with E-state index >= 15 is 0 Å². The SMILES string of the molecule is [2H]c1nn(C([2H])([2H])C([2H])([2H])N2CC([2H])([2H])N(c3ccc(OC([2H])([2H])C([2H])([2H])OC)cc3)C([2H])([2H])C2)c2nc(N)n3nc(-c4ccco4)nc3c12. The molecule has 1 aliphatic rings. The van der Waals surface area contributed by atoms with Gasteiger partial charge >= 0.3 is 0 Å². The number of ether oxygens (including phenoxy) is 2. The van der Waals surface area contributed by atoms with E-state index in [0.717, 1.165) is 16.5 Å². The molecule has 0 spiro atoms. The lowest BCUT2D eigenvalue weighted by atomic mass is 10.2. The van der Waals surface area contributed by atoms with Gasteiger partial charge < -0.3 is 24.5 Å². The van der Waals surface area contributed by atoms with Crippen molar-refractivity contribution in [3.8, 4) is 17.3 Å². The molecule has 1 aromatic carbocycles. The van der Waals surface area contributed by atoms with Crippen LogP contribution in [0.5, 0.6) is 5.75 Å². The molecule has 0 aliphatic carbocycles. The van der Waals surface area contributed by atoms with Gasteiger partial charge in [0.15, 0.2) is 17.1 Å². The zero-order valence-corrected chi connectivity index (χ0v) is 19.3. The lowest BCUT2D eigenvalue weighted by molar-refractivity contribution is 0.146. The number of nitrogen functional groups attached to an aromatic ring is 1. The van der Waals surface area contributed by atoms with Gasteiger partial charge in [-0.05, 0) is 36.4 Å². The molecule has 1 saturated heterocycles. The number of benzene rings is 1. The van der Waals surface area contributed by atoms with Gasteiger partial charge in [-0.2, -0.15) is 14.6 Å². The minimum atomic E-state index is -3.20. The molecule has 12 nitrogen and oxygen atoms in total. The predicted octanol–water partition coefficient (Wildman–Crippen LogP) is 2.16. The van der Waals surface area contributed by atoms with Crippen LogP contribution in [0.25, 0.3) is 28.3 Å². The molecule has 192 valence electrons. The van der Waals surface area contributed by atoms with Crippen LogP contribution in [0.15, 0.2) is 53.3 Å². The van der Waals surface area contributed by atoms with Crippen molar-refractivity contribution in [2.75, 3.05) is 63.4 Å². The number of aryl methyl sites for hydroxylation is 1. The maximum atomic E-state index is 8.92. The molecule has 5 aromatic rings. The molecule has 37 heavy (non-hydrogen) atoms. The third-order valence-electron chi connectivity index (χ3n) is 5.26. The van der Waals surface area contributed by atoms with Crippen molar-refractivity contribution < 1.29 is 31.7 Å². The highest BCUT2D eigenvalue weighted by Gasteiger charge is 2.20. The van der Waals surface area contributed by atoms with Gasteiger partial charge in [-0.25, -0.2) is 9.67 Å². The molecule has 0 bridgehead atoms. The summed E-state index contributed by atoms with van der Waals surface area (Å²) in [7, 11) is 0.966. The summed E-state index contributed by atoms with van der Waals surface area (Å²) in [6, 6.07) is 7.99. The first kappa shape index (κ1) is 12.9. The summed E-state index contributed by atoms with van der Waals surface area (Å²) in [5.74, 6) is -0.103. The number of nitrogens with zero attached hydrogens (tertiary/aromatic N) is 8. The van der Waals surface area contributed by atoms with Crippen LogP contribution >= 0.6 is 0 Å². The molecule has 12 heteroatoms. The number of anilines is 2. The smallest absolute Gasteiger partial charge is 0.225 e. The van der Waals surface area contributed by atoms with E-state index in [-0.39, 0.29) is 45.7 Å². The molecule has 0 radical (unpaired) electrons. The Bertz CT molecular complexity index is 2030.